The second-order valence-electron chi connectivity index (χ2n) is 10.1. The summed E-state index contributed by atoms with van der Waals surface area (Å²) in [6.07, 6.45) is 4.41. The first-order valence-electron chi connectivity index (χ1n) is 13.1. The van der Waals surface area contributed by atoms with E-state index in [0.717, 1.165) is 4.90 Å². The van der Waals surface area contributed by atoms with Crippen LogP contribution in [-0.2, 0) is 11.2 Å². The Balaban J connectivity index is 1.28. The summed E-state index contributed by atoms with van der Waals surface area (Å²) >= 11 is 0. The molecule has 2 aromatic carbocycles. The van der Waals surface area contributed by atoms with Gasteiger partial charge in [0.15, 0.2) is 5.82 Å². The highest BCUT2D eigenvalue weighted by Gasteiger charge is 2.37. The topological polar surface area (TPSA) is 137 Å². The number of likely N-dealkylation sites (N-methyl/N-ethyl adjacent to an activating group) is 1. The number of aromatic nitrogens is 3. The van der Waals surface area contributed by atoms with Crippen molar-refractivity contribution in [3.05, 3.63) is 101 Å². The van der Waals surface area contributed by atoms with E-state index in [1.54, 1.807) is 60.6 Å². The average molecular weight is 566 g/mol. The van der Waals surface area contributed by atoms with Gasteiger partial charge in [-0.3, -0.25) is 29.1 Å². The van der Waals surface area contributed by atoms with Crippen molar-refractivity contribution in [1.29, 1.82) is 0 Å². The van der Waals surface area contributed by atoms with Crippen molar-refractivity contribution in [2.75, 3.05) is 30.4 Å². The largest absolute Gasteiger partial charge is 0.361 e. The fourth-order valence-electron chi connectivity index (χ4n) is 5.21. The summed E-state index contributed by atoms with van der Waals surface area (Å²) in [5.74, 6) is -1.71. The van der Waals surface area contributed by atoms with Gasteiger partial charge >= 0.3 is 0 Å². The Morgan fingerprint density at radius 1 is 1.02 bits per heavy atom. The smallest absolute Gasteiger partial charge is 0.261 e. The van der Waals surface area contributed by atoms with E-state index in [1.807, 2.05) is 0 Å². The van der Waals surface area contributed by atoms with Gasteiger partial charge in [-0.2, -0.15) is 0 Å². The number of anilines is 2. The number of halogens is 1. The maximum atomic E-state index is 14.0. The molecule has 0 aliphatic carbocycles. The highest BCUT2D eigenvalue weighted by molar-refractivity contribution is 6.21. The van der Waals surface area contributed by atoms with Gasteiger partial charge in [0.05, 0.1) is 29.3 Å². The summed E-state index contributed by atoms with van der Waals surface area (Å²) < 4.78 is 14.0. The lowest BCUT2D eigenvalue weighted by molar-refractivity contribution is -0.115. The van der Waals surface area contributed by atoms with Crippen molar-refractivity contribution in [3.63, 3.8) is 0 Å². The molecule has 4 aromatic rings. The van der Waals surface area contributed by atoms with Gasteiger partial charge in [0.2, 0.25) is 5.91 Å². The normalized spacial score (nSPS) is 14.8. The van der Waals surface area contributed by atoms with Crippen molar-refractivity contribution in [1.82, 2.24) is 25.2 Å². The molecule has 0 saturated carbocycles. The molecule has 12 heteroatoms. The van der Waals surface area contributed by atoms with E-state index in [2.05, 4.69) is 25.6 Å². The Hall–Kier alpha value is -5.52. The molecule has 0 spiro atoms. The van der Waals surface area contributed by atoms with Crippen molar-refractivity contribution in [2.24, 2.45) is 0 Å². The van der Waals surface area contributed by atoms with Crippen LogP contribution >= 0.6 is 0 Å². The number of carbonyl (C=O) groups excluding carboxylic acids is 4. The molecule has 2 aromatic heterocycles. The van der Waals surface area contributed by atoms with Gasteiger partial charge in [-0.05, 0) is 42.3 Å². The summed E-state index contributed by atoms with van der Waals surface area (Å²) in [6.45, 7) is -0.00776. The number of hydrogen-bond donors (Lipinski definition) is 2. The summed E-state index contributed by atoms with van der Waals surface area (Å²) in [7, 11) is 1.74. The van der Waals surface area contributed by atoms with Gasteiger partial charge in [-0.25, -0.2) is 14.4 Å². The number of nitrogens with one attached hydrogen (secondary N) is 2. The van der Waals surface area contributed by atoms with E-state index in [9.17, 15) is 23.6 Å². The SMILES string of the molecule is CN1CC(=O)Nc2ncnc(-c3cncc(C(=O)N[C@@H](Cc4cccc(F)c4)CN4C(=O)c5ccccc5C4=O)c3)c21. The van der Waals surface area contributed by atoms with Crippen LogP contribution < -0.4 is 15.5 Å². The molecule has 0 bridgehead atoms. The van der Waals surface area contributed by atoms with E-state index >= 15 is 0 Å². The van der Waals surface area contributed by atoms with Crippen LogP contribution in [0.4, 0.5) is 15.9 Å². The zero-order valence-electron chi connectivity index (χ0n) is 22.4. The Morgan fingerprint density at radius 3 is 2.52 bits per heavy atom. The van der Waals surface area contributed by atoms with Crippen molar-refractivity contribution in [3.8, 4) is 11.3 Å². The van der Waals surface area contributed by atoms with Crippen LogP contribution in [0.25, 0.3) is 11.3 Å². The first-order valence-corrected chi connectivity index (χ1v) is 13.1. The van der Waals surface area contributed by atoms with Gasteiger partial charge < -0.3 is 15.5 Å². The molecule has 2 aliphatic rings. The van der Waals surface area contributed by atoms with E-state index in [1.165, 1.54) is 24.7 Å². The van der Waals surface area contributed by atoms with Crippen LogP contribution in [0.5, 0.6) is 0 Å². The van der Waals surface area contributed by atoms with Gasteiger partial charge in [0.1, 0.15) is 23.5 Å². The van der Waals surface area contributed by atoms with E-state index in [4.69, 9.17) is 0 Å². The van der Waals surface area contributed by atoms with Crippen LogP contribution in [-0.4, -0.2) is 69.7 Å². The number of amides is 4. The molecule has 0 fully saturated rings. The highest BCUT2D eigenvalue weighted by Crippen LogP contribution is 2.35. The van der Waals surface area contributed by atoms with E-state index < -0.39 is 29.6 Å². The highest BCUT2D eigenvalue weighted by atomic mass is 19.1. The van der Waals surface area contributed by atoms with Crippen molar-refractivity contribution < 1.29 is 23.6 Å². The van der Waals surface area contributed by atoms with Crippen LogP contribution in [0.3, 0.4) is 0 Å². The lowest BCUT2D eigenvalue weighted by Crippen LogP contribution is -2.47. The van der Waals surface area contributed by atoms with E-state index in [-0.39, 0.29) is 31.0 Å². The number of imide groups is 1. The predicted molar refractivity (Wildman–Crippen MR) is 150 cm³/mol. The average Bonchev–Trinajstić information content (AvgIpc) is 3.21. The standard InChI is InChI=1S/C30H24FN7O4/c1-37-15-24(39)36-27-26(37)25(33-16-34-27)18-11-19(13-32-12-18)28(40)35-21(10-17-5-4-6-20(31)9-17)14-38-29(41)22-7-2-3-8-23(22)30(38)42/h2-9,11-13,16,21H,10,14-15H2,1H3,(H,35,40)(H,33,34,36,39)/t21-/m0/s1. The quantitative estimate of drug-likeness (QED) is 0.327. The first kappa shape index (κ1) is 26.7. The summed E-state index contributed by atoms with van der Waals surface area (Å²) in [4.78, 5) is 67.2. The molecular formula is C30H24FN7O4. The Bertz CT molecular complexity index is 1730. The number of nitrogens with zero attached hydrogens (tertiary/aromatic N) is 5. The van der Waals surface area contributed by atoms with Gasteiger partial charge in [-0.15, -0.1) is 0 Å². The maximum absolute atomic E-state index is 14.0. The predicted octanol–water partition coefficient (Wildman–Crippen LogP) is 2.70. The molecule has 1 atom stereocenters. The minimum atomic E-state index is -0.738. The van der Waals surface area contributed by atoms with Gasteiger partial charge in [0, 0.05) is 31.5 Å². The Morgan fingerprint density at radius 2 is 1.79 bits per heavy atom. The zero-order chi connectivity index (χ0) is 29.4. The third kappa shape index (κ3) is 5.05. The maximum Gasteiger partial charge on any atom is 0.261 e. The number of fused-ring (bicyclic) bond motifs is 2. The second kappa shape index (κ2) is 10.8. The molecule has 2 N–H and O–H groups in total. The molecule has 0 saturated heterocycles. The number of rotatable bonds is 7. The molecule has 0 unspecified atom stereocenters. The Labute approximate surface area is 239 Å². The van der Waals surface area contributed by atoms with Crippen LogP contribution in [0, 0.1) is 5.82 Å². The molecular weight excluding hydrogens is 541 g/mol. The minimum absolute atomic E-state index is 0.112. The minimum Gasteiger partial charge on any atom is -0.361 e. The van der Waals surface area contributed by atoms with Gasteiger partial charge in [-0.1, -0.05) is 24.3 Å². The molecule has 11 nitrogen and oxygen atoms in total. The third-order valence-corrected chi connectivity index (χ3v) is 7.10. The first-order chi connectivity index (χ1) is 20.3. The summed E-state index contributed by atoms with van der Waals surface area (Å²) in [6, 6.07) is 13.3. The van der Waals surface area contributed by atoms with Crippen LogP contribution in [0.2, 0.25) is 0 Å². The lowest BCUT2D eigenvalue weighted by atomic mass is 10.0. The fourth-order valence-corrected chi connectivity index (χ4v) is 5.21. The Kier molecular flexibility index (Phi) is 6.87. The molecule has 42 heavy (non-hydrogen) atoms. The van der Waals surface area contributed by atoms with Crippen molar-refractivity contribution >= 4 is 35.1 Å². The van der Waals surface area contributed by atoms with E-state index in [0.29, 0.717) is 39.5 Å². The molecule has 6 rings (SSSR count). The summed E-state index contributed by atoms with van der Waals surface area (Å²) in [5, 5.41) is 5.63. The lowest BCUT2D eigenvalue weighted by Gasteiger charge is -2.27. The molecule has 2 aliphatic heterocycles. The van der Waals surface area contributed by atoms with Crippen molar-refractivity contribution in [2.45, 2.75) is 12.5 Å². The molecule has 4 heterocycles. The van der Waals surface area contributed by atoms with Crippen LogP contribution in [0.15, 0.2) is 73.3 Å². The fraction of sp³-hybridized carbons (Fsp3) is 0.167. The second-order valence-corrected chi connectivity index (χ2v) is 10.1. The van der Waals surface area contributed by atoms with Crippen LogP contribution in [0.1, 0.15) is 36.6 Å². The monoisotopic (exact) mass is 565 g/mol. The molecule has 210 valence electrons. The number of pyridine rings is 1. The zero-order valence-corrected chi connectivity index (χ0v) is 22.4. The summed E-state index contributed by atoms with van der Waals surface area (Å²) in [5.41, 5.74) is 2.97. The number of carbonyl (C=O) groups is 4. The molecule has 4 amide bonds. The number of hydrogen-bond acceptors (Lipinski definition) is 8. The number of benzene rings is 2. The third-order valence-electron chi connectivity index (χ3n) is 7.10. The molecule has 0 radical (unpaired) electrons. The van der Waals surface area contributed by atoms with Gasteiger partial charge in [0.25, 0.3) is 17.7 Å².